The number of urea groups is 1. The summed E-state index contributed by atoms with van der Waals surface area (Å²) in [4.78, 5) is 27.3. The van der Waals surface area contributed by atoms with Gasteiger partial charge in [0.15, 0.2) is 0 Å². The molecule has 1 unspecified atom stereocenters. The van der Waals surface area contributed by atoms with Crippen molar-refractivity contribution in [3.8, 4) is 0 Å². The van der Waals surface area contributed by atoms with Crippen molar-refractivity contribution in [1.82, 2.24) is 15.1 Å². The molecule has 3 rings (SSSR count). The largest absolute Gasteiger partial charge is 0.481 e. The lowest BCUT2D eigenvalue weighted by molar-refractivity contribution is -0.138. The second-order valence-electron chi connectivity index (χ2n) is 6.69. The van der Waals surface area contributed by atoms with Crippen molar-refractivity contribution in [1.29, 1.82) is 0 Å². The van der Waals surface area contributed by atoms with Crippen molar-refractivity contribution in [2.24, 2.45) is 5.92 Å². The molecule has 1 aliphatic carbocycles. The normalized spacial score (nSPS) is 27.8. The summed E-state index contributed by atoms with van der Waals surface area (Å²) < 4.78 is 0. The van der Waals surface area contributed by atoms with E-state index in [0.717, 1.165) is 38.4 Å². The van der Waals surface area contributed by atoms with E-state index in [1.165, 1.54) is 12.8 Å². The fourth-order valence-electron chi connectivity index (χ4n) is 3.53. The number of nitrogens with zero attached hydrogens (tertiary/aromatic N) is 2. The first kappa shape index (κ1) is 14.6. The van der Waals surface area contributed by atoms with E-state index in [1.54, 1.807) is 0 Å². The van der Waals surface area contributed by atoms with Gasteiger partial charge >= 0.3 is 12.0 Å². The van der Waals surface area contributed by atoms with Crippen molar-refractivity contribution in [2.75, 3.05) is 26.2 Å². The molecule has 2 N–H and O–H groups in total. The highest BCUT2D eigenvalue weighted by molar-refractivity contribution is 5.74. The Hall–Kier alpha value is -1.30. The molecule has 118 valence electrons. The molecule has 0 aromatic carbocycles. The Kier molecular flexibility index (Phi) is 4.33. The van der Waals surface area contributed by atoms with Crippen LogP contribution in [-0.4, -0.2) is 65.2 Å². The molecule has 3 aliphatic rings. The number of carboxylic acid groups (broad SMARTS) is 1. The molecular formula is C15H25N3O3. The minimum atomic E-state index is -0.732. The molecule has 2 amide bonds. The number of aliphatic carboxylic acids is 1. The van der Waals surface area contributed by atoms with E-state index < -0.39 is 5.97 Å². The summed E-state index contributed by atoms with van der Waals surface area (Å²) in [5, 5.41) is 12.0. The third kappa shape index (κ3) is 3.87. The zero-order chi connectivity index (χ0) is 14.8. The highest BCUT2D eigenvalue weighted by Crippen LogP contribution is 2.30. The monoisotopic (exact) mass is 295 g/mol. The van der Waals surface area contributed by atoms with E-state index in [1.807, 2.05) is 4.90 Å². The van der Waals surface area contributed by atoms with Crippen molar-refractivity contribution in [3.05, 3.63) is 0 Å². The number of nitrogens with one attached hydrogen (secondary N) is 1. The van der Waals surface area contributed by atoms with Crippen LogP contribution in [0.3, 0.4) is 0 Å². The average molecular weight is 295 g/mol. The van der Waals surface area contributed by atoms with Crippen LogP contribution >= 0.6 is 0 Å². The van der Waals surface area contributed by atoms with Crippen LogP contribution in [0.15, 0.2) is 0 Å². The summed E-state index contributed by atoms with van der Waals surface area (Å²) in [5.74, 6) is -0.507. The first-order valence-corrected chi connectivity index (χ1v) is 8.13. The molecule has 2 saturated heterocycles. The molecule has 6 heteroatoms. The first-order chi connectivity index (χ1) is 10.1. The van der Waals surface area contributed by atoms with Crippen LogP contribution in [0.1, 0.15) is 38.5 Å². The van der Waals surface area contributed by atoms with Gasteiger partial charge in [-0.3, -0.25) is 9.69 Å². The fraction of sp³-hybridized carbons (Fsp3) is 0.867. The molecule has 3 fully saturated rings. The molecule has 0 aromatic rings. The van der Waals surface area contributed by atoms with Gasteiger partial charge in [0.1, 0.15) is 0 Å². The highest BCUT2D eigenvalue weighted by atomic mass is 16.4. The van der Waals surface area contributed by atoms with Gasteiger partial charge in [-0.1, -0.05) is 0 Å². The molecule has 1 atom stereocenters. The Morgan fingerprint density at radius 2 is 1.76 bits per heavy atom. The van der Waals surface area contributed by atoms with E-state index in [-0.39, 0.29) is 24.4 Å². The van der Waals surface area contributed by atoms with E-state index in [4.69, 9.17) is 5.11 Å². The smallest absolute Gasteiger partial charge is 0.317 e. The number of likely N-dealkylation sites (tertiary alicyclic amines) is 2. The molecule has 2 heterocycles. The Morgan fingerprint density at radius 3 is 2.38 bits per heavy atom. The van der Waals surface area contributed by atoms with Gasteiger partial charge in [0.05, 0.1) is 0 Å². The SMILES string of the molecule is O=C(O)CC1CCN(C(=O)NC2CCN(C3CC3)C2)CC1. The molecule has 0 spiro atoms. The topological polar surface area (TPSA) is 72.9 Å². The number of amides is 2. The van der Waals surface area contributed by atoms with Crippen molar-refractivity contribution < 1.29 is 14.7 Å². The lowest BCUT2D eigenvalue weighted by atomic mass is 9.94. The van der Waals surface area contributed by atoms with Crippen LogP contribution in [0.5, 0.6) is 0 Å². The molecule has 0 bridgehead atoms. The fourth-order valence-corrected chi connectivity index (χ4v) is 3.53. The van der Waals surface area contributed by atoms with Gasteiger partial charge in [-0.15, -0.1) is 0 Å². The lowest BCUT2D eigenvalue weighted by Gasteiger charge is -2.32. The van der Waals surface area contributed by atoms with Crippen LogP contribution in [0, 0.1) is 5.92 Å². The maximum absolute atomic E-state index is 12.3. The predicted octanol–water partition coefficient (Wildman–Crippen LogP) is 1.12. The maximum atomic E-state index is 12.3. The summed E-state index contributed by atoms with van der Waals surface area (Å²) in [6.45, 7) is 3.47. The third-order valence-corrected chi connectivity index (χ3v) is 4.98. The zero-order valence-corrected chi connectivity index (χ0v) is 12.5. The molecule has 21 heavy (non-hydrogen) atoms. The van der Waals surface area contributed by atoms with Gasteiger partial charge in [0.25, 0.3) is 0 Å². The van der Waals surface area contributed by atoms with Crippen molar-refractivity contribution in [2.45, 2.75) is 50.6 Å². The number of hydrogen-bond donors (Lipinski definition) is 2. The van der Waals surface area contributed by atoms with Crippen LogP contribution in [0.25, 0.3) is 0 Å². The number of carbonyl (C=O) groups is 2. The molecule has 0 aromatic heterocycles. The van der Waals surface area contributed by atoms with Gasteiger partial charge in [0, 0.05) is 44.7 Å². The van der Waals surface area contributed by atoms with Crippen LogP contribution in [0.2, 0.25) is 0 Å². The van der Waals surface area contributed by atoms with Crippen LogP contribution < -0.4 is 5.32 Å². The molecule has 0 radical (unpaired) electrons. The Labute approximate surface area is 125 Å². The number of carboxylic acids is 1. The van der Waals surface area contributed by atoms with Gasteiger partial charge in [-0.05, 0) is 38.0 Å². The number of carbonyl (C=O) groups excluding carboxylic acids is 1. The second kappa shape index (κ2) is 6.22. The second-order valence-corrected chi connectivity index (χ2v) is 6.69. The standard InChI is InChI=1S/C15H25N3O3/c19-14(20)9-11-3-6-17(7-4-11)15(21)16-12-5-8-18(10-12)13-1-2-13/h11-13H,1-10H2,(H,16,21)(H,19,20). The third-order valence-electron chi connectivity index (χ3n) is 4.98. The summed E-state index contributed by atoms with van der Waals surface area (Å²) in [5.41, 5.74) is 0. The van der Waals surface area contributed by atoms with Crippen molar-refractivity contribution in [3.63, 3.8) is 0 Å². The van der Waals surface area contributed by atoms with Crippen LogP contribution in [0.4, 0.5) is 4.79 Å². The molecule has 1 saturated carbocycles. The molecule has 2 aliphatic heterocycles. The van der Waals surface area contributed by atoms with Gasteiger partial charge in [0.2, 0.25) is 0 Å². The first-order valence-electron chi connectivity index (χ1n) is 8.13. The highest BCUT2D eigenvalue weighted by Gasteiger charge is 2.35. The summed E-state index contributed by atoms with van der Waals surface area (Å²) in [6, 6.07) is 1.10. The molecule has 6 nitrogen and oxygen atoms in total. The van der Waals surface area contributed by atoms with E-state index in [0.29, 0.717) is 13.1 Å². The van der Waals surface area contributed by atoms with Crippen molar-refractivity contribution >= 4 is 12.0 Å². The Bertz CT molecular complexity index is 403. The summed E-state index contributed by atoms with van der Waals surface area (Å²) in [6.07, 6.45) is 5.53. The van der Waals surface area contributed by atoms with E-state index in [9.17, 15) is 9.59 Å². The minimum absolute atomic E-state index is 0.0337. The quantitative estimate of drug-likeness (QED) is 0.815. The average Bonchev–Trinajstić information content (AvgIpc) is 3.20. The predicted molar refractivity (Wildman–Crippen MR) is 78.1 cm³/mol. The van der Waals surface area contributed by atoms with Crippen LogP contribution in [-0.2, 0) is 4.79 Å². The Morgan fingerprint density at radius 1 is 1.05 bits per heavy atom. The lowest BCUT2D eigenvalue weighted by Crippen LogP contribution is -2.48. The summed E-state index contributed by atoms with van der Waals surface area (Å²) >= 11 is 0. The van der Waals surface area contributed by atoms with E-state index >= 15 is 0 Å². The van der Waals surface area contributed by atoms with Gasteiger partial charge in [-0.25, -0.2) is 4.79 Å². The number of rotatable bonds is 4. The minimum Gasteiger partial charge on any atom is -0.481 e. The number of hydrogen-bond acceptors (Lipinski definition) is 3. The Balaban J connectivity index is 1.39. The maximum Gasteiger partial charge on any atom is 0.317 e. The zero-order valence-electron chi connectivity index (χ0n) is 12.5. The molecular weight excluding hydrogens is 270 g/mol. The number of piperidine rings is 1. The summed E-state index contributed by atoms with van der Waals surface area (Å²) in [7, 11) is 0. The van der Waals surface area contributed by atoms with E-state index in [2.05, 4.69) is 10.2 Å². The van der Waals surface area contributed by atoms with Gasteiger partial charge < -0.3 is 15.3 Å². The van der Waals surface area contributed by atoms with Gasteiger partial charge in [-0.2, -0.15) is 0 Å².